The van der Waals surface area contributed by atoms with E-state index in [1.807, 2.05) is 0 Å². The zero-order chi connectivity index (χ0) is 11.4. The van der Waals surface area contributed by atoms with Gasteiger partial charge in [-0.3, -0.25) is 0 Å². The molecule has 15 heavy (non-hydrogen) atoms. The molecule has 1 aromatic carbocycles. The molecule has 3 nitrogen and oxygen atoms in total. The summed E-state index contributed by atoms with van der Waals surface area (Å²) in [5.74, 6) is -0.987. The predicted octanol–water partition coefficient (Wildman–Crippen LogP) is 3.31. The summed E-state index contributed by atoms with van der Waals surface area (Å²) < 4.78 is 0.718. The predicted molar refractivity (Wildman–Crippen MR) is 64.6 cm³/mol. The number of aromatic carboxylic acids is 1. The van der Waals surface area contributed by atoms with E-state index in [2.05, 4.69) is 27.8 Å². The van der Waals surface area contributed by atoms with Crippen molar-refractivity contribution in [2.75, 3.05) is 11.9 Å². The Morgan fingerprint density at radius 1 is 1.60 bits per heavy atom. The lowest BCUT2D eigenvalue weighted by atomic mass is 10.2. The Labute approximate surface area is 101 Å². The van der Waals surface area contributed by atoms with Gasteiger partial charge in [0.15, 0.2) is 0 Å². The molecular formula is C10H9BrClNO2. The summed E-state index contributed by atoms with van der Waals surface area (Å²) in [6.07, 6.45) is 0. The first-order chi connectivity index (χ1) is 7.00. The lowest BCUT2D eigenvalue weighted by Gasteiger charge is -2.08. The van der Waals surface area contributed by atoms with Crippen molar-refractivity contribution in [3.8, 4) is 0 Å². The SMILES string of the molecule is C=C(Cl)CNc1ccc(Br)cc1C(=O)O. The van der Waals surface area contributed by atoms with Gasteiger partial charge in [-0.1, -0.05) is 34.1 Å². The highest BCUT2D eigenvalue weighted by molar-refractivity contribution is 9.10. The lowest BCUT2D eigenvalue weighted by Crippen LogP contribution is -2.07. The molecule has 0 aliphatic rings. The van der Waals surface area contributed by atoms with Gasteiger partial charge in [-0.25, -0.2) is 4.79 Å². The molecule has 1 aromatic rings. The number of carboxylic acid groups (broad SMARTS) is 1. The van der Waals surface area contributed by atoms with Crippen molar-refractivity contribution in [2.24, 2.45) is 0 Å². The Morgan fingerprint density at radius 2 is 2.27 bits per heavy atom. The van der Waals surface area contributed by atoms with Crippen LogP contribution >= 0.6 is 27.5 Å². The first kappa shape index (κ1) is 12.1. The average Bonchev–Trinajstić information content (AvgIpc) is 2.15. The Kier molecular flexibility index (Phi) is 4.17. The van der Waals surface area contributed by atoms with Gasteiger partial charge in [0.2, 0.25) is 0 Å². The molecule has 0 aromatic heterocycles. The monoisotopic (exact) mass is 289 g/mol. The van der Waals surface area contributed by atoms with Crippen LogP contribution in [0.4, 0.5) is 5.69 Å². The maximum absolute atomic E-state index is 10.9. The maximum atomic E-state index is 10.9. The van der Waals surface area contributed by atoms with Crippen LogP contribution in [0.1, 0.15) is 10.4 Å². The molecule has 0 bridgehead atoms. The Morgan fingerprint density at radius 3 is 2.80 bits per heavy atom. The second kappa shape index (κ2) is 5.19. The van der Waals surface area contributed by atoms with Gasteiger partial charge in [0.1, 0.15) is 0 Å². The molecule has 0 spiro atoms. The normalized spacial score (nSPS) is 9.73. The van der Waals surface area contributed by atoms with Crippen molar-refractivity contribution in [2.45, 2.75) is 0 Å². The number of nitrogens with one attached hydrogen (secondary N) is 1. The summed E-state index contributed by atoms with van der Waals surface area (Å²) in [5, 5.41) is 12.3. The maximum Gasteiger partial charge on any atom is 0.337 e. The highest BCUT2D eigenvalue weighted by Crippen LogP contribution is 2.21. The van der Waals surface area contributed by atoms with Crippen LogP contribution in [0.5, 0.6) is 0 Å². The molecular weight excluding hydrogens is 281 g/mol. The molecule has 0 saturated carbocycles. The van der Waals surface area contributed by atoms with E-state index in [0.29, 0.717) is 17.3 Å². The van der Waals surface area contributed by atoms with Gasteiger partial charge in [-0.15, -0.1) is 0 Å². The highest BCUT2D eigenvalue weighted by Gasteiger charge is 2.09. The van der Waals surface area contributed by atoms with Crippen LogP contribution in [-0.2, 0) is 0 Å². The first-order valence-electron chi connectivity index (χ1n) is 4.10. The fraction of sp³-hybridized carbons (Fsp3) is 0.100. The van der Waals surface area contributed by atoms with Crippen LogP contribution in [0.25, 0.3) is 0 Å². The molecule has 0 aliphatic heterocycles. The van der Waals surface area contributed by atoms with E-state index in [1.165, 1.54) is 6.07 Å². The zero-order valence-electron chi connectivity index (χ0n) is 7.76. The summed E-state index contributed by atoms with van der Waals surface area (Å²) in [6, 6.07) is 4.96. The van der Waals surface area contributed by atoms with Gasteiger partial charge in [-0.05, 0) is 18.2 Å². The van der Waals surface area contributed by atoms with E-state index in [0.717, 1.165) is 4.47 Å². The van der Waals surface area contributed by atoms with Gasteiger partial charge in [0, 0.05) is 15.2 Å². The lowest BCUT2D eigenvalue weighted by molar-refractivity contribution is 0.0698. The molecule has 0 amide bonds. The van der Waals surface area contributed by atoms with E-state index < -0.39 is 5.97 Å². The minimum Gasteiger partial charge on any atom is -0.478 e. The highest BCUT2D eigenvalue weighted by atomic mass is 79.9. The molecule has 2 N–H and O–H groups in total. The fourth-order valence-corrected chi connectivity index (χ4v) is 1.47. The average molecular weight is 291 g/mol. The van der Waals surface area contributed by atoms with Crippen LogP contribution in [0, 0.1) is 0 Å². The van der Waals surface area contributed by atoms with Crippen molar-refractivity contribution in [1.29, 1.82) is 0 Å². The number of anilines is 1. The van der Waals surface area contributed by atoms with E-state index in [1.54, 1.807) is 12.1 Å². The second-order valence-electron chi connectivity index (χ2n) is 2.87. The molecule has 0 saturated heterocycles. The summed E-state index contributed by atoms with van der Waals surface area (Å²) in [5.41, 5.74) is 0.717. The molecule has 1 rings (SSSR count). The molecule has 0 radical (unpaired) electrons. The summed E-state index contributed by atoms with van der Waals surface area (Å²) in [6.45, 7) is 3.85. The number of carbonyl (C=O) groups is 1. The van der Waals surface area contributed by atoms with Gasteiger partial charge in [-0.2, -0.15) is 0 Å². The Balaban J connectivity index is 2.95. The van der Waals surface area contributed by atoms with E-state index in [9.17, 15) is 4.79 Å². The summed E-state index contributed by atoms with van der Waals surface area (Å²) in [4.78, 5) is 10.9. The van der Waals surface area contributed by atoms with Crippen molar-refractivity contribution in [1.82, 2.24) is 0 Å². The number of carboxylic acids is 1. The quantitative estimate of drug-likeness (QED) is 0.894. The third kappa shape index (κ3) is 3.57. The molecule has 0 heterocycles. The Hall–Kier alpha value is -1.00. The van der Waals surface area contributed by atoms with Crippen molar-refractivity contribution < 1.29 is 9.90 Å². The van der Waals surface area contributed by atoms with Crippen LogP contribution in [0.2, 0.25) is 0 Å². The van der Waals surface area contributed by atoms with Crippen molar-refractivity contribution >= 4 is 39.2 Å². The zero-order valence-corrected chi connectivity index (χ0v) is 10.1. The number of rotatable bonds is 4. The standard InChI is InChI=1S/C10H9BrClNO2/c1-6(12)5-13-9-3-2-7(11)4-8(9)10(14)15/h2-4,13H,1,5H2,(H,14,15). The molecule has 0 atom stereocenters. The van der Waals surface area contributed by atoms with Gasteiger partial charge >= 0.3 is 5.97 Å². The smallest absolute Gasteiger partial charge is 0.337 e. The van der Waals surface area contributed by atoms with E-state index >= 15 is 0 Å². The molecule has 5 heteroatoms. The van der Waals surface area contributed by atoms with E-state index in [-0.39, 0.29) is 5.56 Å². The topological polar surface area (TPSA) is 49.3 Å². The van der Waals surface area contributed by atoms with Crippen LogP contribution in [-0.4, -0.2) is 17.6 Å². The molecule has 0 aliphatic carbocycles. The fourth-order valence-electron chi connectivity index (χ4n) is 1.04. The largest absolute Gasteiger partial charge is 0.478 e. The minimum atomic E-state index is -0.987. The van der Waals surface area contributed by atoms with Crippen LogP contribution < -0.4 is 5.32 Å². The molecule has 0 fully saturated rings. The number of benzene rings is 1. The van der Waals surface area contributed by atoms with Crippen molar-refractivity contribution in [3.05, 3.63) is 39.8 Å². The third-order valence-corrected chi connectivity index (χ3v) is 2.31. The van der Waals surface area contributed by atoms with Crippen LogP contribution in [0.15, 0.2) is 34.3 Å². The third-order valence-electron chi connectivity index (χ3n) is 1.68. The summed E-state index contributed by atoms with van der Waals surface area (Å²) in [7, 11) is 0. The second-order valence-corrected chi connectivity index (χ2v) is 4.32. The summed E-state index contributed by atoms with van der Waals surface area (Å²) >= 11 is 8.79. The van der Waals surface area contributed by atoms with Gasteiger partial charge in [0.05, 0.1) is 12.1 Å². The number of halogens is 2. The van der Waals surface area contributed by atoms with Crippen molar-refractivity contribution in [3.63, 3.8) is 0 Å². The van der Waals surface area contributed by atoms with Gasteiger partial charge < -0.3 is 10.4 Å². The van der Waals surface area contributed by atoms with E-state index in [4.69, 9.17) is 16.7 Å². The Bertz CT molecular complexity index is 406. The first-order valence-corrected chi connectivity index (χ1v) is 5.28. The molecule has 0 unspecified atom stereocenters. The van der Waals surface area contributed by atoms with Gasteiger partial charge in [0.25, 0.3) is 0 Å². The number of hydrogen-bond donors (Lipinski definition) is 2. The molecule has 80 valence electrons. The van der Waals surface area contributed by atoms with Crippen LogP contribution in [0.3, 0.4) is 0 Å². The number of hydrogen-bond acceptors (Lipinski definition) is 2. The minimum absolute atomic E-state index is 0.197.